The first-order valence-electron chi connectivity index (χ1n) is 5.42. The molecule has 5 heteroatoms. The molecular formula is C12H14N3O2+. The summed E-state index contributed by atoms with van der Waals surface area (Å²) in [6, 6.07) is 9.42. The van der Waals surface area contributed by atoms with Gasteiger partial charge in [-0.1, -0.05) is 23.3 Å². The van der Waals surface area contributed by atoms with Gasteiger partial charge >= 0.3 is 5.97 Å². The van der Waals surface area contributed by atoms with Crippen molar-refractivity contribution in [3.63, 3.8) is 0 Å². The number of hydrazone groups is 1. The Balaban J connectivity index is 2.27. The van der Waals surface area contributed by atoms with E-state index in [9.17, 15) is 4.79 Å². The van der Waals surface area contributed by atoms with E-state index in [4.69, 9.17) is 10.5 Å². The van der Waals surface area contributed by atoms with Crippen LogP contribution >= 0.6 is 0 Å². The van der Waals surface area contributed by atoms with Gasteiger partial charge in [0.2, 0.25) is 0 Å². The van der Waals surface area contributed by atoms with Gasteiger partial charge in [0.25, 0.3) is 5.84 Å². The molecule has 1 aromatic carbocycles. The highest BCUT2D eigenvalue weighted by atomic mass is 16.5. The van der Waals surface area contributed by atoms with E-state index in [-0.39, 0.29) is 5.97 Å². The second kappa shape index (κ2) is 4.78. The fourth-order valence-electron chi connectivity index (χ4n) is 1.61. The van der Waals surface area contributed by atoms with E-state index in [0.29, 0.717) is 12.4 Å². The van der Waals surface area contributed by atoms with Crippen molar-refractivity contribution < 1.29 is 14.2 Å². The third-order valence-corrected chi connectivity index (χ3v) is 2.44. The summed E-state index contributed by atoms with van der Waals surface area (Å²) < 4.78 is 6.47. The molecule has 0 radical (unpaired) electrons. The number of esters is 1. The van der Waals surface area contributed by atoms with E-state index in [0.717, 1.165) is 5.69 Å². The molecule has 17 heavy (non-hydrogen) atoms. The van der Waals surface area contributed by atoms with E-state index >= 15 is 0 Å². The number of amidine groups is 1. The van der Waals surface area contributed by atoms with E-state index in [2.05, 4.69) is 5.10 Å². The summed E-state index contributed by atoms with van der Waals surface area (Å²) in [6.45, 7) is 2.09. The van der Waals surface area contributed by atoms with E-state index < -0.39 is 5.92 Å². The van der Waals surface area contributed by atoms with Crippen LogP contribution in [0.4, 0.5) is 5.69 Å². The Morgan fingerprint density at radius 3 is 2.82 bits per heavy atom. The van der Waals surface area contributed by atoms with Crippen LogP contribution in [-0.4, -0.2) is 29.3 Å². The van der Waals surface area contributed by atoms with Crippen molar-refractivity contribution in [1.29, 1.82) is 0 Å². The first-order chi connectivity index (χ1) is 8.24. The van der Waals surface area contributed by atoms with Crippen LogP contribution in [-0.2, 0) is 9.53 Å². The minimum atomic E-state index is -0.588. The molecule has 5 nitrogen and oxygen atoms in total. The number of benzene rings is 1. The van der Waals surface area contributed by atoms with Gasteiger partial charge in [-0.15, -0.1) is 4.68 Å². The van der Waals surface area contributed by atoms with Crippen LogP contribution in [0.15, 0.2) is 35.4 Å². The summed E-state index contributed by atoms with van der Waals surface area (Å²) in [5.41, 5.74) is 6.73. The van der Waals surface area contributed by atoms with Crippen molar-refractivity contribution in [2.24, 2.45) is 16.8 Å². The van der Waals surface area contributed by atoms with Gasteiger partial charge in [-0.05, 0) is 19.1 Å². The predicted molar refractivity (Wildman–Crippen MR) is 64.2 cm³/mol. The third kappa shape index (κ3) is 2.18. The molecule has 0 aromatic heterocycles. The Bertz CT molecular complexity index is 480. The zero-order chi connectivity index (χ0) is 12.3. The number of hydrogen-bond donors (Lipinski definition) is 1. The quantitative estimate of drug-likeness (QED) is 0.621. The highest BCUT2D eigenvalue weighted by molar-refractivity contribution is 6.12. The van der Waals surface area contributed by atoms with Crippen molar-refractivity contribution in [3.05, 3.63) is 30.3 Å². The second-order valence-electron chi connectivity index (χ2n) is 3.57. The molecule has 88 valence electrons. The van der Waals surface area contributed by atoms with Crippen LogP contribution < -0.4 is 5.73 Å². The van der Waals surface area contributed by atoms with Crippen molar-refractivity contribution in [2.75, 3.05) is 6.61 Å². The largest absolute Gasteiger partial charge is 0.465 e. The van der Waals surface area contributed by atoms with Crippen LogP contribution in [0.5, 0.6) is 0 Å². The number of ether oxygens (including phenoxy) is 1. The van der Waals surface area contributed by atoms with Crippen molar-refractivity contribution in [2.45, 2.75) is 6.92 Å². The zero-order valence-electron chi connectivity index (χ0n) is 9.54. The fraction of sp³-hybridized carbons (Fsp3) is 0.250. The zero-order valence-corrected chi connectivity index (χ0v) is 9.54. The monoisotopic (exact) mass is 232 g/mol. The van der Waals surface area contributed by atoms with Crippen LogP contribution in [0.2, 0.25) is 0 Å². The average Bonchev–Trinajstić information content (AvgIpc) is 2.72. The number of para-hydroxylation sites is 1. The smallest absolute Gasteiger partial charge is 0.327 e. The standard InChI is InChI=1S/C12H13N3O2/c1-2-17-12(16)10-8-14-15(11(10)13)9-6-4-3-5-7-9/h3-8,10,13H,2H2,1H3/p+1/t10-/m1/s1. The summed E-state index contributed by atoms with van der Waals surface area (Å²) >= 11 is 0. The maximum atomic E-state index is 11.6. The lowest BCUT2D eigenvalue weighted by Gasteiger charge is -2.03. The number of carbonyl (C=O) groups is 1. The number of rotatable bonds is 3. The fourth-order valence-corrected chi connectivity index (χ4v) is 1.61. The summed E-state index contributed by atoms with van der Waals surface area (Å²) in [7, 11) is 0. The Hall–Kier alpha value is -2.17. The van der Waals surface area contributed by atoms with Crippen molar-refractivity contribution in [3.8, 4) is 0 Å². The molecule has 0 fully saturated rings. The normalized spacial score (nSPS) is 18.5. The molecule has 1 aliphatic heterocycles. The molecule has 0 unspecified atom stereocenters. The van der Waals surface area contributed by atoms with Gasteiger partial charge in [-0.25, -0.2) is 0 Å². The molecule has 0 saturated heterocycles. The van der Waals surface area contributed by atoms with Gasteiger partial charge in [0.05, 0.1) is 12.8 Å². The van der Waals surface area contributed by atoms with Crippen LogP contribution in [0, 0.1) is 5.92 Å². The Labute approximate surface area is 99.2 Å². The van der Waals surface area contributed by atoms with Crippen LogP contribution in [0.1, 0.15) is 6.92 Å². The Morgan fingerprint density at radius 2 is 2.18 bits per heavy atom. The molecular weight excluding hydrogens is 218 g/mol. The SMILES string of the molecule is CCOC(=O)[C@@H]1C=N[N+](c2ccccc2)=C1N. The second-order valence-corrected chi connectivity index (χ2v) is 3.57. The van der Waals surface area contributed by atoms with Gasteiger partial charge in [-0.2, -0.15) is 0 Å². The molecule has 1 aromatic rings. The van der Waals surface area contributed by atoms with Gasteiger partial charge in [0.15, 0.2) is 11.6 Å². The molecule has 0 saturated carbocycles. The van der Waals surface area contributed by atoms with Gasteiger partial charge < -0.3 is 4.74 Å². The summed E-state index contributed by atoms with van der Waals surface area (Å²) in [5.74, 6) is -0.586. The molecule has 0 aliphatic carbocycles. The minimum absolute atomic E-state index is 0.335. The van der Waals surface area contributed by atoms with Gasteiger partial charge in [0.1, 0.15) is 0 Å². The van der Waals surface area contributed by atoms with E-state index in [1.165, 1.54) is 6.21 Å². The lowest BCUT2D eigenvalue weighted by molar-refractivity contribution is -0.443. The highest BCUT2D eigenvalue weighted by Gasteiger charge is 2.34. The van der Waals surface area contributed by atoms with Crippen LogP contribution in [0.25, 0.3) is 0 Å². The number of carbonyl (C=O) groups excluding carboxylic acids is 1. The molecule has 1 atom stereocenters. The number of nitrogens with zero attached hydrogens (tertiary/aromatic N) is 2. The maximum absolute atomic E-state index is 11.6. The summed E-state index contributed by atoms with van der Waals surface area (Å²) in [6.07, 6.45) is 1.50. The first kappa shape index (κ1) is 11.3. The molecule has 2 rings (SSSR count). The molecule has 0 amide bonds. The summed E-state index contributed by atoms with van der Waals surface area (Å²) in [4.78, 5) is 11.6. The van der Waals surface area contributed by atoms with Gasteiger partial charge in [0, 0.05) is 0 Å². The number of hydrogen-bond acceptors (Lipinski definition) is 4. The highest BCUT2D eigenvalue weighted by Crippen LogP contribution is 2.16. The molecule has 1 aliphatic rings. The van der Waals surface area contributed by atoms with Crippen molar-refractivity contribution >= 4 is 23.7 Å². The predicted octanol–water partition coefficient (Wildman–Crippen LogP) is 0.866. The van der Waals surface area contributed by atoms with Crippen LogP contribution in [0.3, 0.4) is 0 Å². The third-order valence-electron chi connectivity index (χ3n) is 2.44. The average molecular weight is 232 g/mol. The Morgan fingerprint density at radius 1 is 1.47 bits per heavy atom. The lowest BCUT2D eigenvalue weighted by Crippen LogP contribution is -2.33. The van der Waals surface area contributed by atoms with E-state index in [1.807, 2.05) is 30.3 Å². The topological polar surface area (TPSA) is 67.7 Å². The minimum Gasteiger partial charge on any atom is -0.465 e. The Kier molecular flexibility index (Phi) is 3.18. The molecule has 0 bridgehead atoms. The molecule has 0 spiro atoms. The lowest BCUT2D eigenvalue weighted by atomic mass is 10.1. The van der Waals surface area contributed by atoms with Crippen molar-refractivity contribution in [1.82, 2.24) is 0 Å². The first-order valence-corrected chi connectivity index (χ1v) is 5.42. The van der Waals surface area contributed by atoms with Gasteiger partial charge in [-0.3, -0.25) is 10.5 Å². The molecule has 1 heterocycles. The molecule has 2 N–H and O–H groups in total. The summed E-state index contributed by atoms with van der Waals surface area (Å²) in [5, 5.41) is 4.12. The maximum Gasteiger partial charge on any atom is 0.327 e. The van der Waals surface area contributed by atoms with E-state index in [1.54, 1.807) is 11.6 Å². The number of nitrogens with two attached hydrogens (primary N) is 1.